The van der Waals surface area contributed by atoms with E-state index in [0.29, 0.717) is 5.82 Å². The van der Waals surface area contributed by atoms with Gasteiger partial charge in [0.1, 0.15) is 11.6 Å². The summed E-state index contributed by atoms with van der Waals surface area (Å²) in [7, 11) is 1.86. The van der Waals surface area contributed by atoms with E-state index in [9.17, 15) is 9.18 Å². The SMILES string of the molecule is Cn1c(CC(=O)NNC(=S)Nc2ccccc2F)nc2ccccc21. The lowest BCUT2D eigenvalue weighted by Crippen LogP contribution is -2.44. The molecular formula is C17H16FN5OS. The summed E-state index contributed by atoms with van der Waals surface area (Å²) >= 11 is 5.03. The number of para-hydroxylation sites is 3. The van der Waals surface area contributed by atoms with Crippen LogP contribution in [0.25, 0.3) is 11.0 Å². The molecule has 25 heavy (non-hydrogen) atoms. The van der Waals surface area contributed by atoms with Crippen LogP contribution in [0, 0.1) is 5.82 Å². The Morgan fingerprint density at radius 3 is 2.64 bits per heavy atom. The number of thiocarbonyl (C=S) groups is 1. The highest BCUT2D eigenvalue weighted by Crippen LogP contribution is 2.14. The van der Waals surface area contributed by atoms with Crippen molar-refractivity contribution in [2.24, 2.45) is 7.05 Å². The second-order valence-corrected chi connectivity index (χ2v) is 5.77. The van der Waals surface area contributed by atoms with Gasteiger partial charge in [0.25, 0.3) is 0 Å². The summed E-state index contributed by atoms with van der Waals surface area (Å²) in [6.45, 7) is 0. The number of carbonyl (C=O) groups is 1. The van der Waals surface area contributed by atoms with Crippen molar-refractivity contribution in [1.29, 1.82) is 0 Å². The fourth-order valence-corrected chi connectivity index (χ4v) is 2.54. The number of amides is 1. The molecule has 0 saturated carbocycles. The highest BCUT2D eigenvalue weighted by Gasteiger charge is 2.12. The average Bonchev–Trinajstić information content (AvgIpc) is 2.91. The van der Waals surface area contributed by atoms with E-state index in [4.69, 9.17) is 12.2 Å². The molecule has 8 heteroatoms. The van der Waals surface area contributed by atoms with Crippen molar-refractivity contribution in [1.82, 2.24) is 20.4 Å². The van der Waals surface area contributed by atoms with E-state index < -0.39 is 5.82 Å². The number of hydrogen-bond acceptors (Lipinski definition) is 3. The molecule has 3 rings (SSSR count). The highest BCUT2D eigenvalue weighted by molar-refractivity contribution is 7.80. The van der Waals surface area contributed by atoms with Crippen LogP contribution >= 0.6 is 12.2 Å². The molecule has 1 amide bonds. The zero-order valence-electron chi connectivity index (χ0n) is 13.4. The predicted octanol–water partition coefficient (Wildman–Crippen LogP) is 2.27. The quantitative estimate of drug-likeness (QED) is 0.496. The third-order valence-corrected chi connectivity index (χ3v) is 3.84. The van der Waals surface area contributed by atoms with Gasteiger partial charge in [-0.2, -0.15) is 0 Å². The van der Waals surface area contributed by atoms with E-state index in [1.807, 2.05) is 35.9 Å². The standard InChI is InChI=1S/C17H16FN5OS/c1-23-14-9-5-4-8-13(14)19-15(23)10-16(24)21-22-17(25)20-12-7-3-2-6-11(12)18/h2-9H,10H2,1H3,(H,21,24)(H2,20,22,25). The summed E-state index contributed by atoms with van der Waals surface area (Å²) in [5, 5.41) is 2.76. The lowest BCUT2D eigenvalue weighted by molar-refractivity contribution is -0.121. The molecule has 0 bridgehead atoms. The minimum Gasteiger partial charge on any atom is -0.331 e. The summed E-state index contributed by atoms with van der Waals surface area (Å²) in [5.74, 6) is -0.109. The minimum absolute atomic E-state index is 0.0838. The van der Waals surface area contributed by atoms with Crippen LogP contribution in [0.2, 0.25) is 0 Å². The van der Waals surface area contributed by atoms with Gasteiger partial charge in [0.2, 0.25) is 5.91 Å². The Labute approximate surface area is 149 Å². The number of halogens is 1. The molecule has 0 aliphatic carbocycles. The number of hydrogen-bond donors (Lipinski definition) is 3. The zero-order chi connectivity index (χ0) is 17.8. The zero-order valence-corrected chi connectivity index (χ0v) is 14.2. The maximum absolute atomic E-state index is 13.5. The number of fused-ring (bicyclic) bond motifs is 1. The Kier molecular flexibility index (Phi) is 4.90. The topological polar surface area (TPSA) is 71.0 Å². The van der Waals surface area contributed by atoms with Gasteiger partial charge >= 0.3 is 0 Å². The third kappa shape index (κ3) is 3.92. The van der Waals surface area contributed by atoms with Gasteiger partial charge in [-0.05, 0) is 36.5 Å². The molecule has 0 radical (unpaired) electrons. The molecule has 0 saturated heterocycles. The second kappa shape index (κ2) is 7.27. The number of nitrogens with zero attached hydrogens (tertiary/aromatic N) is 2. The number of carbonyl (C=O) groups excluding carboxylic acids is 1. The van der Waals surface area contributed by atoms with Crippen molar-refractivity contribution in [3.05, 3.63) is 60.2 Å². The number of hydrazine groups is 1. The first-order chi connectivity index (χ1) is 12.0. The molecule has 0 aliphatic rings. The van der Waals surface area contributed by atoms with Crippen LogP contribution in [-0.4, -0.2) is 20.6 Å². The Morgan fingerprint density at radius 1 is 1.16 bits per heavy atom. The first-order valence-corrected chi connectivity index (χ1v) is 7.96. The van der Waals surface area contributed by atoms with Gasteiger partial charge in [-0.1, -0.05) is 24.3 Å². The Morgan fingerprint density at radius 2 is 1.88 bits per heavy atom. The molecule has 0 unspecified atom stereocenters. The van der Waals surface area contributed by atoms with Gasteiger partial charge < -0.3 is 9.88 Å². The molecule has 0 fully saturated rings. The van der Waals surface area contributed by atoms with Crippen LogP contribution in [0.4, 0.5) is 10.1 Å². The molecule has 2 aromatic carbocycles. The van der Waals surface area contributed by atoms with Crippen LogP contribution in [0.3, 0.4) is 0 Å². The van der Waals surface area contributed by atoms with E-state index >= 15 is 0 Å². The van der Waals surface area contributed by atoms with Gasteiger partial charge in [-0.25, -0.2) is 9.37 Å². The van der Waals surface area contributed by atoms with Crippen molar-refractivity contribution >= 4 is 40.0 Å². The van der Waals surface area contributed by atoms with Gasteiger partial charge in [0.15, 0.2) is 5.11 Å². The Hall–Kier alpha value is -3.00. The summed E-state index contributed by atoms with van der Waals surface area (Å²) in [6.07, 6.45) is 0.0838. The van der Waals surface area contributed by atoms with E-state index in [0.717, 1.165) is 11.0 Å². The maximum Gasteiger partial charge on any atom is 0.245 e. The van der Waals surface area contributed by atoms with Gasteiger partial charge in [0, 0.05) is 7.05 Å². The third-order valence-electron chi connectivity index (χ3n) is 3.64. The fourth-order valence-electron chi connectivity index (χ4n) is 2.38. The molecule has 1 aromatic heterocycles. The van der Waals surface area contributed by atoms with Crippen molar-refractivity contribution in [2.45, 2.75) is 6.42 Å². The molecule has 0 aliphatic heterocycles. The van der Waals surface area contributed by atoms with E-state index in [1.54, 1.807) is 18.2 Å². The van der Waals surface area contributed by atoms with Gasteiger partial charge in [0.05, 0.1) is 23.1 Å². The number of nitrogens with one attached hydrogen (secondary N) is 3. The predicted molar refractivity (Wildman–Crippen MR) is 98.3 cm³/mol. The van der Waals surface area contributed by atoms with E-state index in [-0.39, 0.29) is 23.1 Å². The lowest BCUT2D eigenvalue weighted by atomic mass is 10.3. The highest BCUT2D eigenvalue weighted by atomic mass is 32.1. The Balaban J connectivity index is 1.56. The van der Waals surface area contributed by atoms with Crippen molar-refractivity contribution in [3.63, 3.8) is 0 Å². The minimum atomic E-state index is -0.433. The fraction of sp³-hybridized carbons (Fsp3) is 0.118. The Bertz CT molecular complexity index is 940. The number of aryl methyl sites for hydroxylation is 1. The van der Waals surface area contributed by atoms with Crippen molar-refractivity contribution in [2.75, 3.05) is 5.32 Å². The molecule has 6 nitrogen and oxygen atoms in total. The summed E-state index contributed by atoms with van der Waals surface area (Å²) in [4.78, 5) is 16.5. The van der Waals surface area contributed by atoms with Crippen LogP contribution in [0.15, 0.2) is 48.5 Å². The molecule has 128 valence electrons. The lowest BCUT2D eigenvalue weighted by Gasteiger charge is -2.12. The molecular weight excluding hydrogens is 341 g/mol. The number of aromatic nitrogens is 2. The molecule has 1 heterocycles. The van der Waals surface area contributed by atoms with Crippen molar-refractivity contribution < 1.29 is 9.18 Å². The number of rotatable bonds is 3. The number of anilines is 1. The van der Waals surface area contributed by atoms with Crippen molar-refractivity contribution in [3.8, 4) is 0 Å². The van der Waals surface area contributed by atoms with Gasteiger partial charge in [-0.15, -0.1) is 0 Å². The van der Waals surface area contributed by atoms with Crippen LogP contribution in [0.1, 0.15) is 5.82 Å². The summed E-state index contributed by atoms with van der Waals surface area (Å²) in [6, 6.07) is 13.8. The number of benzene rings is 2. The molecule has 0 spiro atoms. The summed E-state index contributed by atoms with van der Waals surface area (Å²) < 4.78 is 15.4. The van der Waals surface area contributed by atoms with E-state index in [1.165, 1.54) is 6.07 Å². The largest absolute Gasteiger partial charge is 0.331 e. The summed E-state index contributed by atoms with van der Waals surface area (Å²) in [5.41, 5.74) is 7.03. The molecule has 0 atom stereocenters. The number of imidazole rings is 1. The average molecular weight is 357 g/mol. The van der Waals surface area contributed by atoms with Crippen LogP contribution < -0.4 is 16.2 Å². The van der Waals surface area contributed by atoms with Crippen LogP contribution in [-0.2, 0) is 18.3 Å². The van der Waals surface area contributed by atoms with Crippen LogP contribution in [0.5, 0.6) is 0 Å². The smallest absolute Gasteiger partial charge is 0.245 e. The second-order valence-electron chi connectivity index (χ2n) is 5.36. The first-order valence-electron chi connectivity index (χ1n) is 7.55. The van der Waals surface area contributed by atoms with E-state index in [2.05, 4.69) is 21.2 Å². The monoisotopic (exact) mass is 357 g/mol. The molecule has 3 N–H and O–H groups in total. The first kappa shape index (κ1) is 16.8. The molecule has 3 aromatic rings. The van der Waals surface area contributed by atoms with Gasteiger partial charge in [-0.3, -0.25) is 15.6 Å². The normalized spacial score (nSPS) is 10.5. The maximum atomic E-state index is 13.5.